The van der Waals surface area contributed by atoms with Gasteiger partial charge in [-0.1, -0.05) is 13.3 Å². The van der Waals surface area contributed by atoms with Crippen LogP contribution in [0.2, 0.25) is 0 Å². The summed E-state index contributed by atoms with van der Waals surface area (Å²) in [5.74, 6) is 0. The van der Waals surface area contributed by atoms with E-state index in [1.54, 1.807) is 0 Å². The molecule has 1 saturated heterocycles. The summed E-state index contributed by atoms with van der Waals surface area (Å²) in [6, 6.07) is 0. The number of unbranched alkanes of at least 4 members (excludes halogenated alkanes) is 1. The van der Waals surface area contributed by atoms with Crippen LogP contribution in [0.5, 0.6) is 0 Å². The van der Waals surface area contributed by atoms with E-state index in [4.69, 9.17) is 4.74 Å². The zero-order valence-corrected chi connectivity index (χ0v) is 8.68. The minimum Gasteiger partial charge on any atom is -0.386 e. The number of ether oxygens (including phenoxy) is 1. The van der Waals surface area contributed by atoms with E-state index in [9.17, 15) is 5.11 Å². The van der Waals surface area contributed by atoms with Crippen molar-refractivity contribution < 1.29 is 9.84 Å². The lowest BCUT2D eigenvalue weighted by Crippen LogP contribution is -2.46. The molecule has 1 fully saturated rings. The average Bonchev–Trinajstić information content (AvgIpc) is 2.42. The zero-order valence-electron chi connectivity index (χ0n) is 8.68. The van der Waals surface area contributed by atoms with Gasteiger partial charge in [0.2, 0.25) is 0 Å². The smallest absolute Gasteiger partial charge is 0.105 e. The van der Waals surface area contributed by atoms with Gasteiger partial charge < -0.3 is 15.2 Å². The van der Waals surface area contributed by atoms with Crippen molar-refractivity contribution in [2.24, 2.45) is 0 Å². The van der Waals surface area contributed by atoms with Crippen LogP contribution in [0.3, 0.4) is 0 Å². The average molecular weight is 187 g/mol. The van der Waals surface area contributed by atoms with Gasteiger partial charge in [-0.25, -0.2) is 0 Å². The van der Waals surface area contributed by atoms with Crippen molar-refractivity contribution >= 4 is 0 Å². The molecule has 0 spiro atoms. The Bertz CT molecular complexity index is 152. The first-order chi connectivity index (χ1) is 6.19. The van der Waals surface area contributed by atoms with E-state index in [0.717, 1.165) is 13.0 Å². The van der Waals surface area contributed by atoms with Gasteiger partial charge in [0, 0.05) is 19.6 Å². The summed E-state index contributed by atoms with van der Waals surface area (Å²) in [7, 11) is 0. The second-order valence-corrected chi connectivity index (χ2v) is 3.90. The van der Waals surface area contributed by atoms with Gasteiger partial charge >= 0.3 is 0 Å². The van der Waals surface area contributed by atoms with Crippen molar-refractivity contribution in [3.8, 4) is 0 Å². The molecule has 13 heavy (non-hydrogen) atoms. The summed E-state index contributed by atoms with van der Waals surface area (Å²) in [5, 5.41) is 13.3. The van der Waals surface area contributed by atoms with Crippen LogP contribution in [0.15, 0.2) is 0 Å². The fourth-order valence-corrected chi connectivity index (χ4v) is 1.61. The Morgan fingerprint density at radius 2 is 2.38 bits per heavy atom. The topological polar surface area (TPSA) is 41.5 Å². The Morgan fingerprint density at radius 3 is 2.92 bits per heavy atom. The summed E-state index contributed by atoms with van der Waals surface area (Å²) in [5.41, 5.74) is -0.631. The predicted octanol–water partition coefficient (Wildman–Crippen LogP) is 0.916. The summed E-state index contributed by atoms with van der Waals surface area (Å²) in [6.07, 6.45) is 3.09. The summed E-state index contributed by atoms with van der Waals surface area (Å²) >= 11 is 0. The third-order valence-electron chi connectivity index (χ3n) is 2.80. The Kier molecular flexibility index (Phi) is 4.16. The molecular formula is C10H21NO2. The Balaban J connectivity index is 2.18. The van der Waals surface area contributed by atoms with Crippen molar-refractivity contribution in [1.29, 1.82) is 0 Å². The molecule has 0 saturated carbocycles. The molecule has 0 aliphatic carbocycles. The van der Waals surface area contributed by atoms with Gasteiger partial charge in [0.15, 0.2) is 0 Å². The molecule has 1 rings (SSSR count). The minimum absolute atomic E-state index is 0.0263. The summed E-state index contributed by atoms with van der Waals surface area (Å²) < 4.78 is 5.34. The quantitative estimate of drug-likeness (QED) is 0.629. The van der Waals surface area contributed by atoms with E-state index in [-0.39, 0.29) is 6.10 Å². The molecule has 78 valence electrons. The lowest BCUT2D eigenvalue weighted by atomic mass is 9.97. The van der Waals surface area contributed by atoms with Crippen LogP contribution in [0, 0.1) is 0 Å². The lowest BCUT2D eigenvalue weighted by Gasteiger charge is -2.26. The molecule has 2 N–H and O–H groups in total. The molecule has 1 aliphatic heterocycles. The first-order valence-electron chi connectivity index (χ1n) is 5.24. The molecule has 3 nitrogen and oxygen atoms in total. The van der Waals surface area contributed by atoms with Gasteiger partial charge in [-0.05, 0) is 19.9 Å². The fourth-order valence-electron chi connectivity index (χ4n) is 1.61. The summed E-state index contributed by atoms with van der Waals surface area (Å²) in [6.45, 7) is 6.44. The number of hydrogen-bond acceptors (Lipinski definition) is 3. The molecule has 2 atom stereocenters. The normalized spacial score (nSPS) is 33.9. The van der Waals surface area contributed by atoms with E-state index in [1.807, 2.05) is 6.92 Å². The Morgan fingerprint density at radius 1 is 1.62 bits per heavy atom. The van der Waals surface area contributed by atoms with Crippen LogP contribution in [-0.2, 0) is 4.74 Å². The maximum Gasteiger partial charge on any atom is 0.105 e. The van der Waals surface area contributed by atoms with Crippen LogP contribution in [0.25, 0.3) is 0 Å². The molecule has 0 aromatic heterocycles. The van der Waals surface area contributed by atoms with Gasteiger partial charge in [0.05, 0.1) is 6.10 Å². The number of aliphatic hydroxyl groups is 1. The molecule has 0 amide bonds. The molecule has 0 aromatic carbocycles. The molecular weight excluding hydrogens is 166 g/mol. The van der Waals surface area contributed by atoms with Crippen molar-refractivity contribution in [3.05, 3.63) is 0 Å². The number of nitrogens with one attached hydrogen (secondary N) is 1. The van der Waals surface area contributed by atoms with E-state index >= 15 is 0 Å². The van der Waals surface area contributed by atoms with Crippen LogP contribution < -0.4 is 5.32 Å². The summed E-state index contributed by atoms with van der Waals surface area (Å²) in [4.78, 5) is 0. The van der Waals surface area contributed by atoms with Crippen molar-refractivity contribution in [2.75, 3.05) is 19.7 Å². The first-order valence-corrected chi connectivity index (χ1v) is 5.24. The van der Waals surface area contributed by atoms with E-state index in [0.29, 0.717) is 13.2 Å². The zero-order chi connectivity index (χ0) is 9.73. The lowest BCUT2D eigenvalue weighted by molar-refractivity contribution is -0.0260. The van der Waals surface area contributed by atoms with Gasteiger partial charge in [-0.2, -0.15) is 0 Å². The van der Waals surface area contributed by atoms with Gasteiger partial charge in [0.25, 0.3) is 0 Å². The monoisotopic (exact) mass is 187 g/mol. The van der Waals surface area contributed by atoms with Crippen molar-refractivity contribution in [2.45, 2.75) is 44.8 Å². The van der Waals surface area contributed by atoms with Gasteiger partial charge in [-0.15, -0.1) is 0 Å². The van der Waals surface area contributed by atoms with E-state index < -0.39 is 5.60 Å². The second-order valence-electron chi connectivity index (χ2n) is 3.90. The van der Waals surface area contributed by atoms with Crippen LogP contribution >= 0.6 is 0 Å². The molecule has 0 bridgehead atoms. The van der Waals surface area contributed by atoms with Crippen LogP contribution in [0.1, 0.15) is 33.1 Å². The maximum atomic E-state index is 10.1. The number of rotatable bonds is 5. The highest BCUT2D eigenvalue weighted by molar-refractivity contribution is 4.91. The first kappa shape index (κ1) is 11.0. The predicted molar refractivity (Wildman–Crippen MR) is 52.8 cm³/mol. The highest BCUT2D eigenvalue weighted by Gasteiger charge is 2.38. The van der Waals surface area contributed by atoms with E-state index in [1.165, 1.54) is 12.8 Å². The van der Waals surface area contributed by atoms with Gasteiger partial charge in [-0.3, -0.25) is 0 Å². The molecule has 0 aromatic rings. The molecule has 1 aliphatic rings. The molecule has 3 heteroatoms. The standard InChI is InChI=1S/C10H21NO2/c1-3-4-6-11-8-10(12)5-7-13-9(10)2/h9,11-12H,3-8H2,1-2H3. The SMILES string of the molecule is CCCCNCC1(O)CCOC1C. The Hall–Kier alpha value is -0.120. The largest absolute Gasteiger partial charge is 0.386 e. The third-order valence-corrected chi connectivity index (χ3v) is 2.80. The fraction of sp³-hybridized carbons (Fsp3) is 1.00. The van der Waals surface area contributed by atoms with Gasteiger partial charge in [0.1, 0.15) is 5.60 Å². The van der Waals surface area contributed by atoms with Crippen LogP contribution in [0.4, 0.5) is 0 Å². The Labute approximate surface area is 80.5 Å². The molecule has 0 radical (unpaired) electrons. The highest BCUT2D eigenvalue weighted by Crippen LogP contribution is 2.24. The minimum atomic E-state index is -0.631. The number of hydrogen-bond donors (Lipinski definition) is 2. The second kappa shape index (κ2) is 4.94. The maximum absolute atomic E-state index is 10.1. The third kappa shape index (κ3) is 2.93. The highest BCUT2D eigenvalue weighted by atomic mass is 16.5. The van der Waals surface area contributed by atoms with Crippen molar-refractivity contribution in [3.63, 3.8) is 0 Å². The van der Waals surface area contributed by atoms with Crippen molar-refractivity contribution in [1.82, 2.24) is 5.32 Å². The molecule has 1 heterocycles. The van der Waals surface area contributed by atoms with E-state index in [2.05, 4.69) is 12.2 Å². The molecule has 2 unspecified atom stereocenters. The van der Waals surface area contributed by atoms with Crippen LogP contribution in [-0.4, -0.2) is 36.5 Å².